The second-order valence-electron chi connectivity index (χ2n) is 12.4. The van der Waals surface area contributed by atoms with Crippen LogP contribution in [0, 0.1) is 0 Å². The lowest BCUT2D eigenvalue weighted by atomic mass is 10.0. The minimum Gasteiger partial charge on any atom is -0.456 e. The smallest absolute Gasteiger partial charge is 0.164 e. The average molecular weight is 642 g/mol. The largest absolute Gasteiger partial charge is 0.456 e. The highest BCUT2D eigenvalue weighted by molar-refractivity contribution is 6.12. The zero-order chi connectivity index (χ0) is 33.0. The molecule has 0 unspecified atom stereocenters. The Balaban J connectivity index is 1.14. The van der Waals surface area contributed by atoms with Crippen LogP contribution in [0.15, 0.2) is 173 Å². The van der Waals surface area contributed by atoms with Gasteiger partial charge in [0, 0.05) is 38.2 Å². The zero-order valence-electron chi connectivity index (χ0n) is 26.7. The van der Waals surface area contributed by atoms with Crippen molar-refractivity contribution in [2.24, 2.45) is 0 Å². The number of hydrogen-bond donors (Lipinski definition) is 0. The van der Waals surface area contributed by atoms with E-state index in [4.69, 9.17) is 23.8 Å². The molecule has 0 atom stereocenters. The van der Waals surface area contributed by atoms with E-state index in [-0.39, 0.29) is 0 Å². The third-order valence-electron chi connectivity index (χ3n) is 9.36. The Kier molecular flexibility index (Phi) is 6.42. The van der Waals surface area contributed by atoms with Crippen LogP contribution in [0.4, 0.5) is 0 Å². The van der Waals surface area contributed by atoms with E-state index in [2.05, 4.69) is 103 Å². The summed E-state index contributed by atoms with van der Waals surface area (Å²) in [6.07, 6.45) is 0. The van der Waals surface area contributed by atoms with E-state index < -0.39 is 0 Å². The summed E-state index contributed by atoms with van der Waals surface area (Å²) in [7, 11) is 0. The third kappa shape index (κ3) is 4.75. The number of para-hydroxylation sites is 2. The first-order valence-electron chi connectivity index (χ1n) is 16.6. The first-order chi connectivity index (χ1) is 24.7. The van der Waals surface area contributed by atoms with Crippen LogP contribution < -0.4 is 0 Å². The summed E-state index contributed by atoms with van der Waals surface area (Å²) >= 11 is 0. The molecule has 10 rings (SSSR count). The highest BCUT2D eigenvalue weighted by Crippen LogP contribution is 2.38. The monoisotopic (exact) mass is 641 g/mol. The van der Waals surface area contributed by atoms with E-state index in [1.54, 1.807) is 0 Å². The third-order valence-corrected chi connectivity index (χ3v) is 9.36. The topological polar surface area (TPSA) is 65.0 Å². The first kappa shape index (κ1) is 28.2. The van der Waals surface area contributed by atoms with Gasteiger partial charge in [-0.1, -0.05) is 127 Å². The van der Waals surface area contributed by atoms with Crippen LogP contribution in [0.3, 0.4) is 0 Å². The Bertz CT molecular complexity index is 2870. The van der Waals surface area contributed by atoms with Gasteiger partial charge in [-0.2, -0.15) is 0 Å². The molecule has 0 spiro atoms. The van der Waals surface area contributed by atoms with Gasteiger partial charge in [0.2, 0.25) is 0 Å². The molecule has 0 aliphatic heterocycles. The number of nitrogens with zero attached hydrogens (tertiary/aromatic N) is 3. The van der Waals surface area contributed by atoms with E-state index in [9.17, 15) is 0 Å². The van der Waals surface area contributed by atoms with Gasteiger partial charge in [-0.05, 0) is 58.7 Å². The van der Waals surface area contributed by atoms with E-state index in [1.165, 1.54) is 0 Å². The van der Waals surface area contributed by atoms with Crippen molar-refractivity contribution >= 4 is 43.9 Å². The molecule has 7 aromatic carbocycles. The fourth-order valence-electron chi connectivity index (χ4n) is 6.90. The number of rotatable bonds is 5. The lowest BCUT2D eigenvalue weighted by Crippen LogP contribution is -2.00. The van der Waals surface area contributed by atoms with Gasteiger partial charge in [0.05, 0.1) is 0 Å². The van der Waals surface area contributed by atoms with Gasteiger partial charge in [0.15, 0.2) is 17.5 Å². The van der Waals surface area contributed by atoms with Crippen LogP contribution in [-0.4, -0.2) is 15.0 Å². The maximum atomic E-state index is 6.24. The summed E-state index contributed by atoms with van der Waals surface area (Å²) in [6.45, 7) is 0. The van der Waals surface area contributed by atoms with Crippen molar-refractivity contribution in [3.05, 3.63) is 164 Å². The Labute approximate surface area is 287 Å². The quantitative estimate of drug-likeness (QED) is 0.187. The Morgan fingerprint density at radius 2 is 0.820 bits per heavy atom. The molecule has 5 nitrogen and oxygen atoms in total. The predicted octanol–water partition coefficient (Wildman–Crippen LogP) is 12.0. The van der Waals surface area contributed by atoms with Crippen molar-refractivity contribution in [1.29, 1.82) is 0 Å². The summed E-state index contributed by atoms with van der Waals surface area (Å²) in [4.78, 5) is 15.3. The normalized spacial score (nSPS) is 11.6. The molecule has 0 fully saturated rings. The Morgan fingerprint density at radius 1 is 0.300 bits per heavy atom. The van der Waals surface area contributed by atoms with E-state index >= 15 is 0 Å². The molecule has 0 aliphatic carbocycles. The van der Waals surface area contributed by atoms with Crippen LogP contribution in [-0.2, 0) is 0 Å². The van der Waals surface area contributed by atoms with E-state index in [0.29, 0.717) is 17.5 Å². The minimum atomic E-state index is 0.589. The van der Waals surface area contributed by atoms with Crippen molar-refractivity contribution in [2.75, 3.05) is 0 Å². The van der Waals surface area contributed by atoms with Gasteiger partial charge in [-0.3, -0.25) is 0 Å². The summed E-state index contributed by atoms with van der Waals surface area (Å²) < 4.78 is 12.3. The molecular weight excluding hydrogens is 615 g/mol. The fourth-order valence-corrected chi connectivity index (χ4v) is 6.90. The Hall–Kier alpha value is -6.85. The highest BCUT2D eigenvalue weighted by Gasteiger charge is 2.18. The summed E-state index contributed by atoms with van der Waals surface area (Å²) in [5.41, 5.74) is 10.5. The maximum Gasteiger partial charge on any atom is 0.164 e. The van der Waals surface area contributed by atoms with Gasteiger partial charge in [-0.25, -0.2) is 15.0 Å². The molecule has 0 amide bonds. The van der Waals surface area contributed by atoms with Gasteiger partial charge in [0.1, 0.15) is 22.3 Å². The van der Waals surface area contributed by atoms with Crippen LogP contribution in [0.5, 0.6) is 0 Å². The van der Waals surface area contributed by atoms with Crippen LogP contribution in [0.1, 0.15) is 0 Å². The number of furan rings is 2. The Morgan fingerprint density at radius 3 is 1.66 bits per heavy atom. The second kappa shape index (κ2) is 11.4. The zero-order valence-corrected chi connectivity index (χ0v) is 26.7. The molecule has 0 aliphatic rings. The fraction of sp³-hybridized carbons (Fsp3) is 0. The van der Waals surface area contributed by atoms with Crippen molar-refractivity contribution in [3.63, 3.8) is 0 Å². The standard InChI is InChI=1S/C45H27N3O2/c1-2-10-28(11-3-1)29-20-22-30(23-21-29)43-46-44(48-45(47-43)36-16-9-19-41-42(36)35-15-5-7-18-39(35)50-41)33-13-8-12-31(26-33)32-24-25-40-37(27-32)34-14-4-6-17-38(34)49-40/h1-27H. The molecule has 0 bridgehead atoms. The number of hydrogen-bond acceptors (Lipinski definition) is 5. The summed E-state index contributed by atoms with van der Waals surface area (Å²) in [5.74, 6) is 1.79. The SMILES string of the molecule is c1ccc(-c2ccc(-c3nc(-c4cccc(-c5ccc6oc7ccccc7c6c5)c4)nc(-c4cccc5oc6ccccc6c45)n3)cc2)cc1. The number of fused-ring (bicyclic) bond motifs is 6. The molecule has 0 saturated carbocycles. The van der Waals surface area contributed by atoms with Crippen molar-refractivity contribution < 1.29 is 8.83 Å². The van der Waals surface area contributed by atoms with E-state index in [1.807, 2.05) is 60.7 Å². The van der Waals surface area contributed by atoms with Gasteiger partial charge < -0.3 is 8.83 Å². The molecule has 5 heteroatoms. The van der Waals surface area contributed by atoms with E-state index in [0.717, 1.165) is 82.8 Å². The molecule has 0 saturated heterocycles. The van der Waals surface area contributed by atoms with Crippen LogP contribution in [0.25, 0.3) is 100 Å². The average Bonchev–Trinajstić information content (AvgIpc) is 3.76. The van der Waals surface area contributed by atoms with Crippen LogP contribution >= 0.6 is 0 Å². The van der Waals surface area contributed by atoms with Gasteiger partial charge in [-0.15, -0.1) is 0 Å². The molecule has 234 valence electrons. The second-order valence-corrected chi connectivity index (χ2v) is 12.4. The molecular formula is C45H27N3O2. The maximum absolute atomic E-state index is 6.24. The lowest BCUT2D eigenvalue weighted by molar-refractivity contribution is 0.668. The predicted molar refractivity (Wildman–Crippen MR) is 202 cm³/mol. The highest BCUT2D eigenvalue weighted by atomic mass is 16.3. The van der Waals surface area contributed by atoms with Crippen molar-refractivity contribution in [3.8, 4) is 56.4 Å². The van der Waals surface area contributed by atoms with Crippen molar-refractivity contribution in [2.45, 2.75) is 0 Å². The van der Waals surface area contributed by atoms with Gasteiger partial charge in [0.25, 0.3) is 0 Å². The molecule has 0 radical (unpaired) electrons. The summed E-state index contributed by atoms with van der Waals surface area (Å²) in [5, 5.41) is 4.21. The number of aromatic nitrogens is 3. The molecule has 3 aromatic heterocycles. The molecule has 10 aromatic rings. The van der Waals surface area contributed by atoms with Gasteiger partial charge >= 0.3 is 0 Å². The molecule has 50 heavy (non-hydrogen) atoms. The first-order valence-corrected chi connectivity index (χ1v) is 16.6. The number of benzene rings is 7. The summed E-state index contributed by atoms with van der Waals surface area (Å²) in [6, 6.07) is 55.8. The molecule has 0 N–H and O–H groups in total. The van der Waals surface area contributed by atoms with Crippen molar-refractivity contribution in [1.82, 2.24) is 15.0 Å². The lowest BCUT2D eigenvalue weighted by Gasteiger charge is -2.11. The van der Waals surface area contributed by atoms with Crippen LogP contribution in [0.2, 0.25) is 0 Å². The minimum absolute atomic E-state index is 0.589. The molecule has 3 heterocycles.